The fourth-order valence-electron chi connectivity index (χ4n) is 5.20. The molecule has 3 saturated heterocycles. The average molecular weight is 473 g/mol. The van der Waals surface area contributed by atoms with Crippen LogP contribution < -0.4 is 9.62 Å². The van der Waals surface area contributed by atoms with Crippen LogP contribution in [-0.4, -0.2) is 87.6 Å². The number of ether oxygens (including phenoxy) is 1. The largest absolute Gasteiger partial charge is 0.377 e. The zero-order valence-electron chi connectivity index (χ0n) is 19.3. The van der Waals surface area contributed by atoms with Gasteiger partial charge in [0, 0.05) is 44.7 Å². The predicted octanol–water partition coefficient (Wildman–Crippen LogP) is 2.05. The number of anilines is 2. The van der Waals surface area contributed by atoms with Crippen LogP contribution >= 0.6 is 0 Å². The van der Waals surface area contributed by atoms with Gasteiger partial charge in [0.25, 0.3) is 0 Å². The maximum atomic E-state index is 12.8. The highest BCUT2D eigenvalue weighted by atomic mass is 32.2. The van der Waals surface area contributed by atoms with E-state index in [0.29, 0.717) is 30.9 Å². The highest BCUT2D eigenvalue weighted by molar-refractivity contribution is 7.85. The summed E-state index contributed by atoms with van der Waals surface area (Å²) in [6, 6.07) is 7.62. The highest BCUT2D eigenvalue weighted by Gasteiger charge is 2.38. The summed E-state index contributed by atoms with van der Waals surface area (Å²) in [5.41, 5.74) is 4.57. The lowest BCUT2D eigenvalue weighted by atomic mass is 10.1. The molecular formula is C23H32N6O3S. The van der Waals surface area contributed by atoms with E-state index in [2.05, 4.69) is 44.7 Å². The molecule has 0 radical (unpaired) electrons. The van der Waals surface area contributed by atoms with Crippen molar-refractivity contribution in [2.24, 2.45) is 0 Å². The van der Waals surface area contributed by atoms with Crippen molar-refractivity contribution in [3.8, 4) is 0 Å². The van der Waals surface area contributed by atoms with Crippen molar-refractivity contribution in [3.05, 3.63) is 41.7 Å². The number of morpholine rings is 1. The average Bonchev–Trinajstić information content (AvgIpc) is 3.35. The van der Waals surface area contributed by atoms with Crippen LogP contribution in [0.1, 0.15) is 24.0 Å². The number of carbonyl (C=O) groups excluding carboxylic acids is 1. The Morgan fingerprint density at radius 1 is 1.18 bits per heavy atom. The van der Waals surface area contributed by atoms with Gasteiger partial charge in [-0.3, -0.25) is 4.90 Å². The number of carbonyl (C=O) groups is 1. The minimum absolute atomic E-state index is 0.148. The van der Waals surface area contributed by atoms with Crippen LogP contribution in [0.3, 0.4) is 0 Å². The molecule has 1 N–H and O–H groups in total. The lowest BCUT2D eigenvalue weighted by Gasteiger charge is -2.39. The smallest absolute Gasteiger partial charge is 0.344 e. The first-order chi connectivity index (χ1) is 16.0. The van der Waals surface area contributed by atoms with Crippen molar-refractivity contribution in [3.63, 3.8) is 0 Å². The molecule has 1 aromatic heterocycles. The lowest BCUT2D eigenvalue weighted by molar-refractivity contribution is 0.0903. The fraction of sp³-hybridized carbons (Fsp3) is 0.565. The van der Waals surface area contributed by atoms with Crippen molar-refractivity contribution in [2.75, 3.05) is 55.3 Å². The Hall–Kier alpha value is -2.43. The maximum Gasteiger partial charge on any atom is 0.344 e. The second kappa shape index (κ2) is 9.44. The van der Waals surface area contributed by atoms with Crippen LogP contribution in [0.2, 0.25) is 0 Å². The zero-order valence-corrected chi connectivity index (χ0v) is 20.1. The van der Waals surface area contributed by atoms with Crippen LogP contribution in [0, 0.1) is 6.92 Å². The second-order valence-electron chi connectivity index (χ2n) is 9.24. The van der Waals surface area contributed by atoms with Crippen LogP contribution in [0.15, 0.2) is 30.6 Å². The van der Waals surface area contributed by atoms with Gasteiger partial charge in [0.1, 0.15) is 11.0 Å². The molecule has 2 aromatic rings. The molecule has 3 unspecified atom stereocenters. The molecule has 3 atom stereocenters. The zero-order chi connectivity index (χ0) is 22.9. The molecule has 0 saturated carbocycles. The highest BCUT2D eigenvalue weighted by Crippen LogP contribution is 2.37. The van der Waals surface area contributed by atoms with E-state index in [9.17, 15) is 9.00 Å². The number of benzene rings is 1. The Morgan fingerprint density at radius 3 is 2.61 bits per heavy atom. The number of piperazine rings is 1. The minimum atomic E-state index is -1.20. The van der Waals surface area contributed by atoms with E-state index in [4.69, 9.17) is 4.74 Å². The van der Waals surface area contributed by atoms with Gasteiger partial charge in [-0.1, -0.05) is 12.1 Å². The van der Waals surface area contributed by atoms with Crippen molar-refractivity contribution in [1.29, 1.82) is 0 Å². The third kappa shape index (κ3) is 4.78. The number of nitrogens with one attached hydrogen (secondary N) is 1. The number of hydrogen-bond acceptors (Lipinski definition) is 6. The van der Waals surface area contributed by atoms with E-state index in [1.807, 2.05) is 4.90 Å². The number of fused-ring (bicyclic) bond motifs is 2. The van der Waals surface area contributed by atoms with E-state index in [-0.39, 0.29) is 6.03 Å². The van der Waals surface area contributed by atoms with Crippen LogP contribution in [0.4, 0.5) is 16.2 Å². The number of aromatic nitrogens is 2. The van der Waals surface area contributed by atoms with Crippen LogP contribution in [-0.2, 0) is 22.3 Å². The molecule has 9 nitrogen and oxygen atoms in total. The summed E-state index contributed by atoms with van der Waals surface area (Å²) in [7, 11) is -1.20. The molecule has 178 valence electrons. The summed E-state index contributed by atoms with van der Waals surface area (Å²) in [5.74, 6) is 0. The molecular weight excluding hydrogens is 440 g/mol. The van der Waals surface area contributed by atoms with Gasteiger partial charge < -0.3 is 19.3 Å². The van der Waals surface area contributed by atoms with Gasteiger partial charge in [0.15, 0.2) is 0 Å². The summed E-state index contributed by atoms with van der Waals surface area (Å²) in [6.45, 7) is 7.64. The number of hydrogen-bond donors (Lipinski definition) is 1. The molecule has 3 aliphatic heterocycles. The van der Waals surface area contributed by atoms with E-state index in [1.165, 1.54) is 40.5 Å². The van der Waals surface area contributed by atoms with Crippen LogP contribution in [0.25, 0.3) is 0 Å². The number of aryl methyl sites for hydroxylation is 1. The van der Waals surface area contributed by atoms with Gasteiger partial charge in [-0.05, 0) is 37.0 Å². The van der Waals surface area contributed by atoms with Gasteiger partial charge >= 0.3 is 6.03 Å². The van der Waals surface area contributed by atoms with Gasteiger partial charge in [-0.2, -0.15) is 9.78 Å². The number of amides is 1. The first-order valence-corrected chi connectivity index (χ1v) is 13.2. The van der Waals surface area contributed by atoms with Crippen molar-refractivity contribution < 1.29 is 13.7 Å². The minimum Gasteiger partial charge on any atom is -0.377 e. The Morgan fingerprint density at radius 2 is 1.91 bits per heavy atom. The summed E-state index contributed by atoms with van der Waals surface area (Å²) in [4.78, 5) is 19.7. The molecule has 0 spiro atoms. The predicted molar refractivity (Wildman–Crippen MR) is 129 cm³/mol. The number of nitrogens with zero attached hydrogens (tertiary/aromatic N) is 5. The summed E-state index contributed by atoms with van der Waals surface area (Å²) < 4.78 is 21.2. The Kier molecular flexibility index (Phi) is 6.40. The van der Waals surface area contributed by atoms with E-state index in [0.717, 1.165) is 32.8 Å². The first kappa shape index (κ1) is 22.4. The molecule has 3 aliphatic rings. The first-order valence-electron chi connectivity index (χ1n) is 11.6. The molecule has 3 fully saturated rings. The van der Waals surface area contributed by atoms with Crippen molar-refractivity contribution in [2.45, 2.75) is 38.4 Å². The molecule has 5 rings (SSSR count). The van der Waals surface area contributed by atoms with Gasteiger partial charge in [0.2, 0.25) is 0 Å². The third-order valence-electron chi connectivity index (χ3n) is 6.84. The molecule has 1 aromatic carbocycles. The molecule has 33 heavy (non-hydrogen) atoms. The van der Waals surface area contributed by atoms with E-state index in [1.54, 1.807) is 12.5 Å². The molecule has 1 amide bonds. The SMILES string of the molecule is Cc1ccc(CN2CCN(C(=O)n3cc(NS(C)=O)cn3)CC2)c(N2C3CCC2COC3)c1. The van der Waals surface area contributed by atoms with Gasteiger partial charge in [-0.25, -0.2) is 9.00 Å². The summed E-state index contributed by atoms with van der Waals surface area (Å²) >= 11 is 0. The summed E-state index contributed by atoms with van der Waals surface area (Å²) in [6.07, 6.45) is 7.07. The Balaban J connectivity index is 1.22. The van der Waals surface area contributed by atoms with Gasteiger partial charge in [-0.15, -0.1) is 0 Å². The second-order valence-corrected chi connectivity index (χ2v) is 10.3. The van der Waals surface area contributed by atoms with E-state index < -0.39 is 11.0 Å². The number of rotatable bonds is 5. The van der Waals surface area contributed by atoms with Crippen molar-refractivity contribution >= 4 is 28.4 Å². The monoisotopic (exact) mass is 472 g/mol. The lowest BCUT2D eigenvalue weighted by Crippen LogP contribution is -2.50. The van der Waals surface area contributed by atoms with Crippen molar-refractivity contribution in [1.82, 2.24) is 19.6 Å². The Bertz CT molecular complexity index is 1020. The van der Waals surface area contributed by atoms with Crippen LogP contribution in [0.5, 0.6) is 0 Å². The summed E-state index contributed by atoms with van der Waals surface area (Å²) in [5, 5.41) is 4.12. The standard InChI is InChI=1S/C23H32N6O3S/c1-17-3-4-18(22(11-17)29-20-5-6-21(29)16-32-15-20)13-26-7-9-27(10-8-26)23(30)28-14-19(12-24-28)25-33(2)31/h3-4,11-12,14,20-21,25H,5-10,13,15-16H2,1-2H3. The molecule has 2 bridgehead atoms. The quantitative estimate of drug-likeness (QED) is 0.717. The maximum absolute atomic E-state index is 12.8. The van der Waals surface area contributed by atoms with E-state index >= 15 is 0 Å². The molecule has 10 heteroatoms. The normalized spacial score (nSPS) is 24.2. The topological polar surface area (TPSA) is 82.9 Å². The molecule has 0 aliphatic carbocycles. The fourth-order valence-corrected chi connectivity index (χ4v) is 5.64. The Labute approximate surface area is 197 Å². The molecule has 4 heterocycles. The van der Waals surface area contributed by atoms with Gasteiger partial charge in [0.05, 0.1) is 43.4 Å². The third-order valence-corrected chi connectivity index (χ3v) is 7.36.